The van der Waals surface area contributed by atoms with Gasteiger partial charge < -0.3 is 0 Å². The lowest BCUT2D eigenvalue weighted by Gasteiger charge is -2.55. The average Bonchev–Trinajstić information content (AvgIpc) is 2.83. The Hall–Kier alpha value is -2.45. The maximum atomic E-state index is 15.2. The predicted octanol–water partition coefficient (Wildman–Crippen LogP) is 9.56. The van der Waals surface area contributed by atoms with E-state index in [1.807, 2.05) is 12.1 Å². The quantitative estimate of drug-likeness (QED) is 0.353. The van der Waals surface area contributed by atoms with Gasteiger partial charge in [-0.1, -0.05) is 60.7 Å². The summed E-state index contributed by atoms with van der Waals surface area (Å²) in [7, 11) is 0. The van der Waals surface area contributed by atoms with Crippen LogP contribution < -0.4 is 0 Å². The third-order valence-electron chi connectivity index (χ3n) is 8.46. The molecule has 0 aromatic heterocycles. The van der Waals surface area contributed by atoms with Gasteiger partial charge in [-0.25, -0.2) is 4.39 Å². The lowest BCUT2D eigenvalue weighted by Crippen LogP contribution is -2.60. The van der Waals surface area contributed by atoms with Crippen molar-refractivity contribution in [2.75, 3.05) is 6.54 Å². The molecule has 192 valence electrons. The second-order valence-corrected chi connectivity index (χ2v) is 12.1. The zero-order chi connectivity index (χ0) is 25.9. The molecule has 2 aromatic rings. The van der Waals surface area contributed by atoms with Gasteiger partial charge in [0.05, 0.1) is 0 Å². The van der Waals surface area contributed by atoms with Crippen molar-refractivity contribution in [3.8, 4) is 11.1 Å². The lowest BCUT2D eigenvalue weighted by molar-refractivity contribution is -0.0346. The van der Waals surface area contributed by atoms with E-state index in [4.69, 9.17) is 0 Å². The molecule has 1 atom stereocenters. The Bertz CT molecular complexity index is 1100. The minimum absolute atomic E-state index is 0.122. The first-order valence-electron chi connectivity index (χ1n) is 13.8. The van der Waals surface area contributed by atoms with Crippen molar-refractivity contribution in [2.24, 2.45) is 5.92 Å². The van der Waals surface area contributed by atoms with Gasteiger partial charge >= 0.3 is 0 Å². The highest BCUT2D eigenvalue weighted by atomic mass is 19.1. The van der Waals surface area contributed by atoms with Gasteiger partial charge in [0.15, 0.2) is 0 Å². The molecule has 1 saturated heterocycles. The number of benzene rings is 2. The number of hydrogen-bond donors (Lipinski definition) is 0. The van der Waals surface area contributed by atoms with Gasteiger partial charge in [-0.3, -0.25) is 4.90 Å². The van der Waals surface area contributed by atoms with Gasteiger partial charge in [0.25, 0.3) is 0 Å². The van der Waals surface area contributed by atoms with Crippen molar-refractivity contribution >= 4 is 5.57 Å². The summed E-state index contributed by atoms with van der Waals surface area (Å²) >= 11 is 0. The van der Waals surface area contributed by atoms with Crippen LogP contribution in [0.4, 0.5) is 4.39 Å². The molecule has 36 heavy (non-hydrogen) atoms. The van der Waals surface area contributed by atoms with E-state index in [9.17, 15) is 0 Å². The summed E-state index contributed by atoms with van der Waals surface area (Å²) in [6.45, 7) is 16.5. The topological polar surface area (TPSA) is 3.24 Å². The number of likely N-dealkylation sites (tertiary alicyclic amines) is 1. The molecule has 1 aliphatic carbocycles. The minimum atomic E-state index is -0.130. The highest BCUT2D eigenvalue weighted by Gasteiger charge is 2.44. The van der Waals surface area contributed by atoms with Crippen LogP contribution in [-0.2, 0) is 0 Å². The van der Waals surface area contributed by atoms with E-state index in [0.717, 1.165) is 56.2 Å². The average molecular weight is 486 g/mol. The number of rotatable bonds is 7. The summed E-state index contributed by atoms with van der Waals surface area (Å²) in [6.07, 6.45) is 15.2. The highest BCUT2D eigenvalue weighted by Crippen LogP contribution is 2.46. The van der Waals surface area contributed by atoms with Crippen molar-refractivity contribution in [1.82, 2.24) is 4.90 Å². The molecule has 4 rings (SSSR count). The van der Waals surface area contributed by atoms with Crippen LogP contribution in [0.3, 0.4) is 0 Å². The Morgan fingerprint density at radius 3 is 2.22 bits per heavy atom. The van der Waals surface area contributed by atoms with Crippen molar-refractivity contribution in [3.05, 3.63) is 90.3 Å². The first-order chi connectivity index (χ1) is 17.1. The molecule has 1 heterocycles. The fourth-order valence-corrected chi connectivity index (χ4v) is 6.83. The highest BCUT2D eigenvalue weighted by molar-refractivity contribution is 5.71. The van der Waals surface area contributed by atoms with Gasteiger partial charge in [-0.05, 0) is 113 Å². The first-order valence-corrected chi connectivity index (χ1v) is 13.8. The first kappa shape index (κ1) is 26.6. The molecule has 0 spiro atoms. The van der Waals surface area contributed by atoms with E-state index in [2.05, 4.69) is 94.7 Å². The number of halogens is 1. The van der Waals surface area contributed by atoms with Crippen LogP contribution >= 0.6 is 0 Å². The molecule has 1 fully saturated rings. The zero-order valence-corrected chi connectivity index (χ0v) is 23.0. The summed E-state index contributed by atoms with van der Waals surface area (Å²) in [5.41, 5.74) is 5.56. The molecule has 0 N–H and O–H groups in total. The summed E-state index contributed by atoms with van der Waals surface area (Å²) in [5.74, 6) is 0.993. The molecule has 1 nitrogen and oxygen atoms in total. The van der Waals surface area contributed by atoms with E-state index in [1.165, 1.54) is 11.1 Å². The Morgan fingerprint density at radius 2 is 1.67 bits per heavy atom. The van der Waals surface area contributed by atoms with Crippen LogP contribution in [0.15, 0.2) is 73.3 Å². The van der Waals surface area contributed by atoms with Gasteiger partial charge in [-0.2, -0.15) is 0 Å². The zero-order valence-electron chi connectivity index (χ0n) is 23.0. The monoisotopic (exact) mass is 485 g/mol. The molecule has 0 saturated carbocycles. The van der Waals surface area contributed by atoms with E-state index >= 15 is 4.39 Å². The summed E-state index contributed by atoms with van der Waals surface area (Å²) < 4.78 is 15.2. The van der Waals surface area contributed by atoms with E-state index in [-0.39, 0.29) is 16.9 Å². The number of allylic oxidation sites excluding steroid dienone is 4. The third kappa shape index (κ3) is 5.75. The Kier molecular flexibility index (Phi) is 8.05. The molecule has 2 aromatic carbocycles. The van der Waals surface area contributed by atoms with E-state index in [1.54, 1.807) is 6.07 Å². The molecule has 1 unspecified atom stereocenters. The van der Waals surface area contributed by atoms with Crippen molar-refractivity contribution in [1.29, 1.82) is 0 Å². The summed E-state index contributed by atoms with van der Waals surface area (Å²) in [6, 6.07) is 14.5. The van der Waals surface area contributed by atoms with Crippen LogP contribution in [0.1, 0.15) is 90.2 Å². The van der Waals surface area contributed by atoms with Crippen LogP contribution in [0, 0.1) is 11.7 Å². The maximum Gasteiger partial charge on any atom is 0.131 e. The standard InChI is InChI=1S/C34H44FN/c1-7-9-21-36-33(3,4)23-30(24-34(36,5)6)27-15-17-28(18-16-27)31-20-19-29(22-32(31)35)26-13-11-25(10-8-2)12-14-26/h7-8,10,13,15-20,22,25,30H,1,9,11-12,14,21,23-24H2,2-6H3/b10-8+. The van der Waals surface area contributed by atoms with Crippen molar-refractivity contribution in [2.45, 2.75) is 90.1 Å². The molecule has 2 aliphatic rings. The second-order valence-electron chi connectivity index (χ2n) is 12.1. The van der Waals surface area contributed by atoms with Gasteiger partial charge in [-0.15, -0.1) is 6.58 Å². The molecule has 0 amide bonds. The largest absolute Gasteiger partial charge is 0.293 e. The Labute approximate surface area is 218 Å². The Balaban J connectivity index is 1.49. The molecular weight excluding hydrogens is 441 g/mol. The van der Waals surface area contributed by atoms with Crippen molar-refractivity contribution in [3.63, 3.8) is 0 Å². The van der Waals surface area contributed by atoms with Crippen molar-refractivity contribution < 1.29 is 4.39 Å². The van der Waals surface area contributed by atoms with Crippen LogP contribution in [0.2, 0.25) is 0 Å². The van der Waals surface area contributed by atoms with Gasteiger partial charge in [0.2, 0.25) is 0 Å². The van der Waals surface area contributed by atoms with Crippen LogP contribution in [0.25, 0.3) is 16.7 Å². The molecule has 0 radical (unpaired) electrons. The van der Waals surface area contributed by atoms with E-state index in [0.29, 0.717) is 17.4 Å². The molecule has 2 heteroatoms. The van der Waals surface area contributed by atoms with E-state index < -0.39 is 0 Å². The maximum absolute atomic E-state index is 15.2. The molecule has 1 aliphatic heterocycles. The summed E-state index contributed by atoms with van der Waals surface area (Å²) in [5, 5.41) is 0. The summed E-state index contributed by atoms with van der Waals surface area (Å²) in [4.78, 5) is 2.66. The molecular formula is C34H44FN. The van der Waals surface area contributed by atoms with Crippen LogP contribution in [-0.4, -0.2) is 22.5 Å². The second kappa shape index (κ2) is 10.9. The predicted molar refractivity (Wildman–Crippen MR) is 154 cm³/mol. The normalized spacial score (nSPS) is 22.5. The number of piperidine rings is 1. The fourth-order valence-electron chi connectivity index (χ4n) is 6.83. The smallest absolute Gasteiger partial charge is 0.131 e. The number of nitrogens with zero attached hydrogens (tertiary/aromatic N) is 1. The molecule has 0 bridgehead atoms. The number of hydrogen-bond acceptors (Lipinski definition) is 1. The Morgan fingerprint density at radius 1 is 1.00 bits per heavy atom. The SMILES string of the molecule is C=CCCN1C(C)(C)CC(c2ccc(-c3ccc(C4=CCC(/C=C/C)CC4)cc3F)cc2)CC1(C)C. The van der Waals surface area contributed by atoms with Gasteiger partial charge in [0, 0.05) is 23.2 Å². The third-order valence-corrected chi connectivity index (χ3v) is 8.46. The fraction of sp³-hybridized carbons (Fsp3) is 0.471. The lowest BCUT2D eigenvalue weighted by atomic mass is 9.71. The van der Waals surface area contributed by atoms with Crippen LogP contribution in [0.5, 0.6) is 0 Å². The van der Waals surface area contributed by atoms with Gasteiger partial charge in [0.1, 0.15) is 5.82 Å². The minimum Gasteiger partial charge on any atom is -0.293 e.